The molecule has 2 heterocycles. The lowest BCUT2D eigenvalue weighted by Gasteiger charge is -1.99. The lowest BCUT2D eigenvalue weighted by atomic mass is 10.5. The summed E-state index contributed by atoms with van der Waals surface area (Å²) >= 11 is 2.63. The van der Waals surface area contributed by atoms with Crippen LogP contribution in [0.5, 0.6) is 0 Å². The monoisotopic (exact) mass is 239 g/mol. The van der Waals surface area contributed by atoms with Gasteiger partial charge in [-0.15, -0.1) is 11.3 Å². The van der Waals surface area contributed by atoms with Crippen molar-refractivity contribution in [3.05, 3.63) is 29.7 Å². The van der Waals surface area contributed by atoms with E-state index in [0.29, 0.717) is 5.03 Å². The Morgan fingerprint density at radius 3 is 2.73 bits per heavy atom. The summed E-state index contributed by atoms with van der Waals surface area (Å²) in [5.74, 6) is -1.08. The highest BCUT2D eigenvalue weighted by molar-refractivity contribution is 8.01. The van der Waals surface area contributed by atoms with Crippen LogP contribution in [0.2, 0.25) is 0 Å². The van der Waals surface area contributed by atoms with Crippen LogP contribution in [0, 0.1) is 0 Å². The molecule has 76 valence electrons. The van der Waals surface area contributed by atoms with E-state index in [9.17, 15) is 4.79 Å². The Kier molecular flexibility index (Phi) is 2.93. The summed E-state index contributed by atoms with van der Waals surface area (Å²) in [6.07, 6.45) is 4.47. The third-order valence-electron chi connectivity index (χ3n) is 1.46. The first-order valence-corrected chi connectivity index (χ1v) is 5.58. The molecule has 0 amide bonds. The highest BCUT2D eigenvalue weighted by Gasteiger charge is 2.14. The molecule has 0 aliphatic rings. The molecule has 0 bridgehead atoms. The summed E-state index contributed by atoms with van der Waals surface area (Å²) < 4.78 is 0.748. The van der Waals surface area contributed by atoms with E-state index in [1.807, 2.05) is 5.38 Å². The second kappa shape index (κ2) is 4.37. The van der Waals surface area contributed by atoms with Crippen LogP contribution < -0.4 is 0 Å². The average molecular weight is 239 g/mol. The van der Waals surface area contributed by atoms with E-state index >= 15 is 0 Å². The molecule has 5 nitrogen and oxygen atoms in total. The molecule has 0 radical (unpaired) electrons. The summed E-state index contributed by atoms with van der Waals surface area (Å²) in [7, 11) is 0. The minimum Gasteiger partial charge on any atom is -0.476 e. The topological polar surface area (TPSA) is 76.0 Å². The van der Waals surface area contributed by atoms with Crippen LogP contribution in [0.25, 0.3) is 0 Å². The maximum atomic E-state index is 10.8. The summed E-state index contributed by atoms with van der Waals surface area (Å²) in [5, 5.41) is 11.0. The summed E-state index contributed by atoms with van der Waals surface area (Å²) in [5.41, 5.74) is -0.0438. The van der Waals surface area contributed by atoms with E-state index in [1.165, 1.54) is 35.5 Å². The van der Waals surface area contributed by atoms with Crippen LogP contribution in [0.1, 0.15) is 10.5 Å². The van der Waals surface area contributed by atoms with Gasteiger partial charge in [0.15, 0.2) is 10.0 Å². The standard InChI is InChI=1S/C8H5N3O2S2/c12-7(13)5-6(10-2-1-9-5)15-8-11-3-4-14-8/h1-4H,(H,12,13). The van der Waals surface area contributed by atoms with Gasteiger partial charge in [0.25, 0.3) is 0 Å². The number of carboxylic acids is 1. The summed E-state index contributed by atoms with van der Waals surface area (Å²) in [6.45, 7) is 0. The van der Waals surface area contributed by atoms with Crippen molar-refractivity contribution in [2.45, 2.75) is 9.37 Å². The molecule has 0 fully saturated rings. The second-order valence-corrected chi connectivity index (χ2v) is 4.55. The highest BCUT2D eigenvalue weighted by atomic mass is 32.2. The lowest BCUT2D eigenvalue weighted by molar-refractivity contribution is 0.0685. The predicted octanol–water partition coefficient (Wildman–Crippen LogP) is 1.78. The van der Waals surface area contributed by atoms with Gasteiger partial charge in [-0.2, -0.15) is 0 Å². The predicted molar refractivity (Wildman–Crippen MR) is 55.2 cm³/mol. The summed E-state index contributed by atoms with van der Waals surface area (Å²) in [4.78, 5) is 22.6. The van der Waals surface area contributed by atoms with Crippen molar-refractivity contribution in [2.75, 3.05) is 0 Å². The van der Waals surface area contributed by atoms with Gasteiger partial charge in [-0.3, -0.25) is 0 Å². The summed E-state index contributed by atoms with van der Waals surface area (Å²) in [6, 6.07) is 0. The van der Waals surface area contributed by atoms with E-state index in [2.05, 4.69) is 15.0 Å². The molecule has 0 aromatic carbocycles. The number of hydrogen-bond donors (Lipinski definition) is 1. The minimum absolute atomic E-state index is 0.0438. The molecule has 1 N–H and O–H groups in total. The van der Waals surface area contributed by atoms with Gasteiger partial charge in [0.05, 0.1) is 0 Å². The molecule has 15 heavy (non-hydrogen) atoms. The molecule has 2 rings (SSSR count). The Hall–Kier alpha value is -1.47. The molecule has 0 aliphatic heterocycles. The van der Waals surface area contributed by atoms with E-state index in [1.54, 1.807) is 6.20 Å². The van der Waals surface area contributed by atoms with Crippen molar-refractivity contribution in [3.63, 3.8) is 0 Å². The number of rotatable bonds is 3. The average Bonchev–Trinajstić information content (AvgIpc) is 2.71. The Morgan fingerprint density at radius 2 is 2.07 bits per heavy atom. The third-order valence-corrected chi connectivity index (χ3v) is 3.34. The van der Waals surface area contributed by atoms with E-state index in [4.69, 9.17) is 5.11 Å². The van der Waals surface area contributed by atoms with Gasteiger partial charge < -0.3 is 5.11 Å². The number of thiazole rings is 1. The van der Waals surface area contributed by atoms with Crippen LogP contribution in [0.3, 0.4) is 0 Å². The van der Waals surface area contributed by atoms with Gasteiger partial charge in [-0.1, -0.05) is 0 Å². The first-order chi connectivity index (χ1) is 7.27. The fourth-order valence-corrected chi connectivity index (χ4v) is 2.48. The Labute approximate surface area is 93.2 Å². The maximum Gasteiger partial charge on any atom is 0.357 e. The fourth-order valence-electron chi connectivity index (χ4n) is 0.890. The van der Waals surface area contributed by atoms with E-state index in [0.717, 1.165) is 4.34 Å². The van der Waals surface area contributed by atoms with Gasteiger partial charge in [0.1, 0.15) is 5.03 Å². The number of carboxylic acid groups (broad SMARTS) is 1. The van der Waals surface area contributed by atoms with Crippen molar-refractivity contribution in [3.8, 4) is 0 Å². The second-order valence-electron chi connectivity index (χ2n) is 2.42. The third kappa shape index (κ3) is 2.31. The van der Waals surface area contributed by atoms with Crippen molar-refractivity contribution in [1.29, 1.82) is 0 Å². The number of aromatic nitrogens is 3. The van der Waals surface area contributed by atoms with Crippen molar-refractivity contribution in [2.24, 2.45) is 0 Å². The van der Waals surface area contributed by atoms with Gasteiger partial charge in [0, 0.05) is 24.0 Å². The van der Waals surface area contributed by atoms with Crippen molar-refractivity contribution >= 4 is 29.1 Å². The maximum absolute atomic E-state index is 10.8. The molecule has 2 aromatic heterocycles. The van der Waals surface area contributed by atoms with Gasteiger partial charge in [-0.25, -0.2) is 19.7 Å². The van der Waals surface area contributed by atoms with Crippen molar-refractivity contribution < 1.29 is 9.90 Å². The van der Waals surface area contributed by atoms with E-state index in [-0.39, 0.29) is 5.69 Å². The highest BCUT2D eigenvalue weighted by Crippen LogP contribution is 2.28. The normalized spacial score (nSPS) is 10.1. The molecule has 7 heteroatoms. The molecule has 0 aliphatic carbocycles. The Morgan fingerprint density at radius 1 is 1.27 bits per heavy atom. The van der Waals surface area contributed by atoms with Crippen LogP contribution >= 0.6 is 23.1 Å². The van der Waals surface area contributed by atoms with Gasteiger partial charge >= 0.3 is 5.97 Å². The van der Waals surface area contributed by atoms with Gasteiger partial charge in [-0.05, 0) is 11.8 Å². The minimum atomic E-state index is -1.08. The number of aromatic carboxylic acids is 1. The quantitative estimate of drug-likeness (QED) is 0.879. The smallest absolute Gasteiger partial charge is 0.357 e. The number of carbonyl (C=O) groups is 1. The fraction of sp³-hybridized carbons (Fsp3) is 0. The molecular weight excluding hydrogens is 234 g/mol. The van der Waals surface area contributed by atoms with Crippen LogP contribution in [0.4, 0.5) is 0 Å². The van der Waals surface area contributed by atoms with Crippen molar-refractivity contribution in [1.82, 2.24) is 15.0 Å². The zero-order chi connectivity index (χ0) is 10.7. The first kappa shape index (κ1) is 10.1. The number of nitrogens with zero attached hydrogens (tertiary/aromatic N) is 3. The van der Waals surface area contributed by atoms with Crippen LogP contribution in [-0.4, -0.2) is 26.0 Å². The Bertz CT molecular complexity index is 472. The first-order valence-electron chi connectivity index (χ1n) is 3.89. The van der Waals surface area contributed by atoms with Gasteiger partial charge in [0.2, 0.25) is 0 Å². The molecule has 0 atom stereocenters. The molecule has 2 aromatic rings. The SMILES string of the molecule is O=C(O)c1nccnc1Sc1nccs1. The molecular formula is C8H5N3O2S2. The van der Waals surface area contributed by atoms with Crippen LogP contribution in [-0.2, 0) is 0 Å². The molecule has 0 unspecified atom stereocenters. The zero-order valence-electron chi connectivity index (χ0n) is 7.32. The molecule has 0 saturated heterocycles. The largest absolute Gasteiger partial charge is 0.476 e. The lowest BCUT2D eigenvalue weighted by Crippen LogP contribution is -2.03. The van der Waals surface area contributed by atoms with E-state index < -0.39 is 5.97 Å². The molecule has 0 spiro atoms. The number of hydrogen-bond acceptors (Lipinski definition) is 6. The zero-order valence-corrected chi connectivity index (χ0v) is 8.96. The van der Waals surface area contributed by atoms with Crippen LogP contribution in [0.15, 0.2) is 33.3 Å². The Balaban J connectivity index is 2.32. The molecule has 0 saturated carbocycles.